The van der Waals surface area contributed by atoms with Crippen LogP contribution in [0, 0.1) is 0 Å². The van der Waals surface area contributed by atoms with Crippen molar-refractivity contribution in [2.75, 3.05) is 33.2 Å². The van der Waals surface area contributed by atoms with Crippen molar-refractivity contribution >= 4 is 17.7 Å². The summed E-state index contributed by atoms with van der Waals surface area (Å²) >= 11 is 0. The van der Waals surface area contributed by atoms with Crippen LogP contribution in [0.1, 0.15) is 33.4 Å². The number of rotatable bonds is 5. The number of amides is 2. The summed E-state index contributed by atoms with van der Waals surface area (Å²) < 4.78 is 15.9. The Morgan fingerprint density at radius 2 is 1.91 bits per heavy atom. The SMILES string of the molecule is COC(=O)c1ccccc1NC(=O)N1CCc2[nH]cnc2[C@H]1c1cccc(OC)c1OC. The zero-order valence-corrected chi connectivity index (χ0v) is 18.0. The molecule has 1 aromatic heterocycles. The third-order valence-electron chi connectivity index (χ3n) is 5.49. The minimum atomic E-state index is -0.528. The van der Waals surface area contributed by atoms with Crippen LogP contribution in [0.5, 0.6) is 11.5 Å². The fourth-order valence-electron chi connectivity index (χ4n) is 4.00. The molecule has 3 aromatic rings. The molecule has 1 aliphatic heterocycles. The number of carbonyl (C=O) groups excluding carboxylic acids is 2. The maximum atomic E-state index is 13.5. The number of hydrogen-bond acceptors (Lipinski definition) is 6. The van der Waals surface area contributed by atoms with Gasteiger partial charge in [0.25, 0.3) is 0 Å². The lowest BCUT2D eigenvalue weighted by atomic mass is 9.95. The van der Waals surface area contributed by atoms with Gasteiger partial charge in [0, 0.05) is 24.2 Å². The first-order valence-corrected chi connectivity index (χ1v) is 10.1. The predicted octanol–water partition coefficient (Wildman–Crippen LogP) is 3.39. The first-order valence-electron chi connectivity index (χ1n) is 10.1. The number of benzene rings is 2. The molecule has 0 unspecified atom stereocenters. The fraction of sp³-hybridized carbons (Fsp3) is 0.261. The van der Waals surface area contributed by atoms with E-state index >= 15 is 0 Å². The Bertz CT molecular complexity index is 1140. The van der Waals surface area contributed by atoms with Crippen molar-refractivity contribution in [2.24, 2.45) is 0 Å². The van der Waals surface area contributed by atoms with Crippen molar-refractivity contribution in [2.45, 2.75) is 12.5 Å². The van der Waals surface area contributed by atoms with E-state index in [1.807, 2.05) is 12.1 Å². The summed E-state index contributed by atoms with van der Waals surface area (Å²) in [5, 5.41) is 2.86. The van der Waals surface area contributed by atoms with Gasteiger partial charge in [-0.2, -0.15) is 0 Å². The van der Waals surface area contributed by atoms with Gasteiger partial charge < -0.3 is 29.4 Å². The summed E-state index contributed by atoms with van der Waals surface area (Å²) in [6, 6.07) is 11.4. The molecule has 0 spiro atoms. The highest BCUT2D eigenvalue weighted by atomic mass is 16.5. The minimum absolute atomic E-state index is 0.274. The predicted molar refractivity (Wildman–Crippen MR) is 117 cm³/mol. The van der Waals surface area contributed by atoms with Crippen molar-refractivity contribution in [3.8, 4) is 11.5 Å². The number of fused-ring (bicyclic) bond motifs is 1. The van der Waals surface area contributed by atoms with E-state index in [2.05, 4.69) is 15.3 Å². The van der Waals surface area contributed by atoms with E-state index < -0.39 is 12.0 Å². The molecule has 0 aliphatic carbocycles. The molecule has 0 fully saturated rings. The molecule has 2 heterocycles. The number of esters is 1. The number of aromatic amines is 1. The number of imidazole rings is 1. The van der Waals surface area contributed by atoms with Crippen molar-refractivity contribution < 1.29 is 23.8 Å². The number of nitrogens with zero attached hydrogens (tertiary/aromatic N) is 2. The average molecular weight is 436 g/mol. The van der Waals surface area contributed by atoms with Crippen LogP contribution in [0.3, 0.4) is 0 Å². The van der Waals surface area contributed by atoms with Crippen LogP contribution >= 0.6 is 0 Å². The van der Waals surface area contributed by atoms with E-state index in [1.54, 1.807) is 55.8 Å². The minimum Gasteiger partial charge on any atom is -0.493 e. The highest BCUT2D eigenvalue weighted by Gasteiger charge is 2.36. The standard InChI is InChI=1S/C23H24N4O5/c1-30-18-10-6-8-15(21(18)31-2)20-19-17(24-13-25-19)11-12-27(20)23(29)26-16-9-5-4-7-14(16)22(28)32-3/h4-10,13,20H,11-12H2,1-3H3,(H,24,25)(H,26,29)/t20-/m1/s1. The second kappa shape index (κ2) is 9.01. The third-order valence-corrected chi connectivity index (χ3v) is 5.49. The highest BCUT2D eigenvalue weighted by molar-refractivity contribution is 6.01. The lowest BCUT2D eigenvalue weighted by Crippen LogP contribution is -2.43. The van der Waals surface area contributed by atoms with Gasteiger partial charge in [0.1, 0.15) is 6.04 Å². The zero-order valence-electron chi connectivity index (χ0n) is 18.0. The molecule has 9 nitrogen and oxygen atoms in total. The number of carbonyl (C=O) groups is 2. The molecular weight excluding hydrogens is 412 g/mol. The highest BCUT2D eigenvalue weighted by Crippen LogP contribution is 2.42. The summed E-state index contributed by atoms with van der Waals surface area (Å²) in [5.74, 6) is 0.563. The van der Waals surface area contributed by atoms with Crippen molar-refractivity contribution in [3.05, 3.63) is 71.3 Å². The Balaban J connectivity index is 1.75. The van der Waals surface area contributed by atoms with Gasteiger partial charge in [0.15, 0.2) is 11.5 Å². The molecule has 166 valence electrons. The number of nitrogens with one attached hydrogen (secondary N) is 2. The van der Waals surface area contributed by atoms with E-state index in [0.717, 1.165) is 17.0 Å². The molecule has 2 aromatic carbocycles. The second-order valence-electron chi connectivity index (χ2n) is 7.16. The summed E-state index contributed by atoms with van der Waals surface area (Å²) in [6.45, 7) is 0.437. The second-order valence-corrected chi connectivity index (χ2v) is 7.16. The lowest BCUT2D eigenvalue weighted by Gasteiger charge is -2.36. The summed E-state index contributed by atoms with van der Waals surface area (Å²) in [4.78, 5) is 34.9. The summed E-state index contributed by atoms with van der Waals surface area (Å²) in [7, 11) is 4.43. The molecule has 2 amide bonds. The van der Waals surface area contributed by atoms with Crippen molar-refractivity contribution in [3.63, 3.8) is 0 Å². The van der Waals surface area contributed by atoms with Gasteiger partial charge in [-0.15, -0.1) is 0 Å². The van der Waals surface area contributed by atoms with Crippen LogP contribution in [0.25, 0.3) is 0 Å². The van der Waals surface area contributed by atoms with E-state index in [4.69, 9.17) is 14.2 Å². The van der Waals surface area contributed by atoms with Gasteiger partial charge in [-0.25, -0.2) is 14.6 Å². The normalized spacial score (nSPS) is 15.0. The maximum Gasteiger partial charge on any atom is 0.339 e. The molecule has 0 saturated heterocycles. The Morgan fingerprint density at radius 1 is 1.09 bits per heavy atom. The Hall–Kier alpha value is -4.01. The fourth-order valence-corrected chi connectivity index (χ4v) is 4.00. The molecule has 32 heavy (non-hydrogen) atoms. The first-order chi connectivity index (χ1) is 15.6. The zero-order chi connectivity index (χ0) is 22.7. The van der Waals surface area contributed by atoms with Gasteiger partial charge >= 0.3 is 12.0 Å². The Morgan fingerprint density at radius 3 is 2.66 bits per heavy atom. The van der Waals surface area contributed by atoms with Crippen molar-refractivity contribution in [1.82, 2.24) is 14.9 Å². The Kier molecular flexibility index (Phi) is 5.98. The van der Waals surface area contributed by atoms with Gasteiger partial charge in [0.2, 0.25) is 0 Å². The van der Waals surface area contributed by atoms with Gasteiger partial charge in [-0.1, -0.05) is 24.3 Å². The molecular formula is C23H24N4O5. The molecule has 2 N–H and O–H groups in total. The number of urea groups is 1. The van der Waals surface area contributed by atoms with Crippen LogP contribution in [-0.2, 0) is 11.2 Å². The lowest BCUT2D eigenvalue weighted by molar-refractivity contribution is 0.0602. The summed E-state index contributed by atoms with van der Waals surface area (Å²) in [6.07, 6.45) is 2.24. The van der Waals surface area contributed by atoms with Crippen LogP contribution in [0.4, 0.5) is 10.5 Å². The van der Waals surface area contributed by atoms with E-state index in [1.165, 1.54) is 7.11 Å². The molecule has 1 aliphatic rings. The van der Waals surface area contributed by atoms with E-state index in [0.29, 0.717) is 30.2 Å². The smallest absolute Gasteiger partial charge is 0.339 e. The molecule has 0 radical (unpaired) electrons. The topological polar surface area (TPSA) is 106 Å². The summed E-state index contributed by atoms with van der Waals surface area (Å²) in [5.41, 5.74) is 3.08. The van der Waals surface area contributed by atoms with Crippen LogP contribution in [0.15, 0.2) is 48.8 Å². The van der Waals surface area contributed by atoms with E-state index in [9.17, 15) is 9.59 Å². The van der Waals surface area contributed by atoms with E-state index in [-0.39, 0.29) is 11.6 Å². The molecule has 0 saturated carbocycles. The molecule has 4 rings (SSSR count). The largest absolute Gasteiger partial charge is 0.493 e. The van der Waals surface area contributed by atoms with Gasteiger partial charge in [-0.3, -0.25) is 0 Å². The van der Waals surface area contributed by atoms with Crippen LogP contribution in [-0.4, -0.2) is 54.7 Å². The average Bonchev–Trinajstić information content (AvgIpc) is 3.31. The molecule has 1 atom stereocenters. The number of H-pyrrole nitrogens is 1. The van der Waals surface area contributed by atoms with Gasteiger partial charge in [0.05, 0.1) is 44.6 Å². The maximum absolute atomic E-state index is 13.5. The number of hydrogen-bond donors (Lipinski definition) is 2. The number of anilines is 1. The number of methoxy groups -OCH3 is 3. The monoisotopic (exact) mass is 436 g/mol. The quantitative estimate of drug-likeness (QED) is 0.594. The Labute approximate surface area is 185 Å². The number of para-hydroxylation sites is 2. The first kappa shape index (κ1) is 21.2. The van der Waals surface area contributed by atoms with Crippen molar-refractivity contribution in [1.29, 1.82) is 0 Å². The number of aromatic nitrogens is 2. The van der Waals surface area contributed by atoms with Crippen LogP contribution in [0.2, 0.25) is 0 Å². The molecule has 0 bridgehead atoms. The molecule has 9 heteroatoms. The van der Waals surface area contributed by atoms with Gasteiger partial charge in [-0.05, 0) is 18.2 Å². The third kappa shape index (κ3) is 3.73. The number of ether oxygens (including phenoxy) is 3. The van der Waals surface area contributed by atoms with Crippen LogP contribution < -0.4 is 14.8 Å².